The van der Waals surface area contributed by atoms with Gasteiger partial charge < -0.3 is 4.74 Å². The van der Waals surface area contributed by atoms with Gasteiger partial charge in [-0.05, 0) is 59.6 Å². The van der Waals surface area contributed by atoms with Gasteiger partial charge in [0.25, 0.3) is 0 Å². The van der Waals surface area contributed by atoms with Crippen LogP contribution in [0.4, 0.5) is 0 Å². The van der Waals surface area contributed by atoms with Crippen molar-refractivity contribution in [1.29, 1.82) is 0 Å². The number of hydrogen-bond donors (Lipinski definition) is 1. The highest BCUT2D eigenvalue weighted by Crippen LogP contribution is 2.28. The molecule has 0 bridgehead atoms. The summed E-state index contributed by atoms with van der Waals surface area (Å²) in [6.45, 7) is 3.15. The van der Waals surface area contributed by atoms with E-state index in [9.17, 15) is 13.2 Å². The van der Waals surface area contributed by atoms with Gasteiger partial charge in [0.2, 0.25) is 10.0 Å². The van der Waals surface area contributed by atoms with E-state index in [-0.39, 0.29) is 10.7 Å². The van der Waals surface area contributed by atoms with E-state index in [1.54, 1.807) is 44.4 Å². The van der Waals surface area contributed by atoms with E-state index >= 15 is 0 Å². The summed E-state index contributed by atoms with van der Waals surface area (Å²) in [5.74, 6) is 0.488. The Kier molecular flexibility index (Phi) is 5.79. The van der Waals surface area contributed by atoms with Crippen LogP contribution in [0.25, 0.3) is 0 Å². The van der Waals surface area contributed by atoms with Crippen LogP contribution in [-0.2, 0) is 10.0 Å². The second-order valence-corrected chi connectivity index (χ2v) is 7.89. The van der Waals surface area contributed by atoms with Crippen molar-refractivity contribution in [2.75, 3.05) is 7.11 Å². The monoisotopic (exact) mass is 411 g/mol. The third-order valence-corrected chi connectivity index (χ3v) is 5.72. The predicted octanol–water partition coefficient (Wildman–Crippen LogP) is 3.70. The van der Waals surface area contributed by atoms with Crippen LogP contribution in [0, 0.1) is 0 Å². The molecule has 7 heteroatoms. The van der Waals surface area contributed by atoms with Crippen LogP contribution in [0.15, 0.2) is 51.8 Å². The second kappa shape index (κ2) is 7.46. The van der Waals surface area contributed by atoms with E-state index in [1.807, 2.05) is 0 Å². The smallest absolute Gasteiger partial charge is 0.241 e. The van der Waals surface area contributed by atoms with E-state index in [0.29, 0.717) is 11.3 Å². The quantitative estimate of drug-likeness (QED) is 0.735. The Morgan fingerprint density at radius 2 is 1.92 bits per heavy atom. The number of ketones is 1. The molecule has 0 saturated carbocycles. The standard InChI is InChI=1S/C17H18BrNO4S/c1-11(13-7-8-17(23-3)16(18)10-13)19-24(21,22)15-6-4-5-14(9-15)12(2)20/h4-11,19H,1-3H3. The highest BCUT2D eigenvalue weighted by Gasteiger charge is 2.20. The first-order chi connectivity index (χ1) is 11.2. The Labute approximate surface area is 150 Å². The number of Topliss-reactive ketones (excluding diaryl/α,β-unsaturated/α-hetero) is 1. The number of halogens is 1. The minimum Gasteiger partial charge on any atom is -0.496 e. The molecule has 2 rings (SSSR count). The first-order valence-corrected chi connectivity index (χ1v) is 9.49. The molecule has 0 amide bonds. The number of benzene rings is 2. The van der Waals surface area contributed by atoms with E-state index in [0.717, 1.165) is 10.0 Å². The van der Waals surface area contributed by atoms with Crippen molar-refractivity contribution in [3.8, 4) is 5.75 Å². The molecule has 5 nitrogen and oxygen atoms in total. The lowest BCUT2D eigenvalue weighted by Crippen LogP contribution is -2.27. The topological polar surface area (TPSA) is 72.5 Å². The molecule has 0 radical (unpaired) electrons. The first-order valence-electron chi connectivity index (χ1n) is 7.21. The van der Waals surface area contributed by atoms with Crippen LogP contribution >= 0.6 is 15.9 Å². The largest absolute Gasteiger partial charge is 0.496 e. The Balaban J connectivity index is 2.27. The number of rotatable bonds is 6. The average Bonchev–Trinajstić information content (AvgIpc) is 2.54. The molecule has 0 aliphatic carbocycles. The zero-order chi connectivity index (χ0) is 17.9. The van der Waals surface area contributed by atoms with Crippen molar-refractivity contribution >= 4 is 31.7 Å². The molecule has 24 heavy (non-hydrogen) atoms. The highest BCUT2D eigenvalue weighted by molar-refractivity contribution is 9.10. The van der Waals surface area contributed by atoms with Gasteiger partial charge in [-0.15, -0.1) is 0 Å². The molecule has 0 fully saturated rings. The molecule has 2 aromatic carbocycles. The number of methoxy groups -OCH3 is 1. The Morgan fingerprint density at radius 1 is 1.21 bits per heavy atom. The van der Waals surface area contributed by atoms with Gasteiger partial charge in [0.1, 0.15) is 5.75 Å². The zero-order valence-corrected chi connectivity index (χ0v) is 15.9. The van der Waals surface area contributed by atoms with Crippen LogP contribution in [0.2, 0.25) is 0 Å². The molecule has 0 aliphatic heterocycles. The molecular formula is C17H18BrNO4S. The van der Waals surface area contributed by atoms with Crippen LogP contribution in [0.5, 0.6) is 5.75 Å². The number of ether oxygens (including phenoxy) is 1. The third-order valence-electron chi connectivity index (χ3n) is 3.56. The van der Waals surface area contributed by atoms with E-state index in [1.165, 1.54) is 19.1 Å². The first kappa shape index (κ1) is 18.6. The lowest BCUT2D eigenvalue weighted by Gasteiger charge is -2.16. The normalized spacial score (nSPS) is 12.7. The van der Waals surface area contributed by atoms with Gasteiger partial charge in [0.05, 0.1) is 16.5 Å². The van der Waals surface area contributed by atoms with Crippen molar-refractivity contribution < 1.29 is 17.9 Å². The SMILES string of the molecule is COc1ccc(C(C)NS(=O)(=O)c2cccc(C(C)=O)c2)cc1Br. The second-order valence-electron chi connectivity index (χ2n) is 5.32. The molecule has 1 atom stereocenters. The van der Waals surface area contributed by atoms with Crippen molar-refractivity contribution in [3.05, 3.63) is 58.1 Å². The fraction of sp³-hybridized carbons (Fsp3) is 0.235. The van der Waals surface area contributed by atoms with Gasteiger partial charge in [-0.3, -0.25) is 4.79 Å². The molecule has 1 unspecified atom stereocenters. The average molecular weight is 412 g/mol. The maximum atomic E-state index is 12.5. The number of sulfonamides is 1. The van der Waals surface area contributed by atoms with E-state index < -0.39 is 16.1 Å². The minimum atomic E-state index is -3.74. The molecule has 0 aliphatic rings. The van der Waals surface area contributed by atoms with Gasteiger partial charge in [-0.25, -0.2) is 13.1 Å². The maximum Gasteiger partial charge on any atom is 0.241 e. The minimum absolute atomic E-state index is 0.0645. The van der Waals surface area contributed by atoms with Crippen molar-refractivity contribution in [2.45, 2.75) is 24.8 Å². The Hall–Kier alpha value is -1.70. The lowest BCUT2D eigenvalue weighted by molar-refractivity contribution is 0.101. The number of nitrogens with one attached hydrogen (secondary N) is 1. The Bertz CT molecular complexity index is 865. The van der Waals surface area contributed by atoms with Gasteiger partial charge in [-0.2, -0.15) is 0 Å². The van der Waals surface area contributed by atoms with Crippen LogP contribution in [0.1, 0.15) is 35.8 Å². The molecule has 0 heterocycles. The summed E-state index contributed by atoms with van der Waals surface area (Å²) < 4.78 is 33.6. The van der Waals surface area contributed by atoms with Gasteiger partial charge in [0, 0.05) is 11.6 Å². The van der Waals surface area contributed by atoms with Crippen LogP contribution in [-0.4, -0.2) is 21.3 Å². The summed E-state index contributed by atoms with van der Waals surface area (Å²) in [6, 6.07) is 10.9. The summed E-state index contributed by atoms with van der Waals surface area (Å²) in [5, 5.41) is 0. The van der Waals surface area contributed by atoms with E-state index in [2.05, 4.69) is 20.7 Å². The molecule has 128 valence electrons. The number of hydrogen-bond acceptors (Lipinski definition) is 4. The van der Waals surface area contributed by atoms with E-state index in [4.69, 9.17) is 4.74 Å². The Morgan fingerprint density at radius 3 is 2.50 bits per heavy atom. The summed E-state index contributed by atoms with van der Waals surface area (Å²) in [4.78, 5) is 11.5. The van der Waals surface area contributed by atoms with Gasteiger partial charge in [0.15, 0.2) is 5.78 Å². The van der Waals surface area contributed by atoms with Crippen molar-refractivity contribution in [1.82, 2.24) is 4.72 Å². The van der Waals surface area contributed by atoms with Crippen molar-refractivity contribution in [2.24, 2.45) is 0 Å². The molecular weight excluding hydrogens is 394 g/mol. The maximum absolute atomic E-state index is 12.5. The fourth-order valence-corrected chi connectivity index (χ4v) is 4.04. The third kappa shape index (κ3) is 4.23. The molecule has 0 aromatic heterocycles. The molecule has 0 saturated heterocycles. The summed E-state index contributed by atoms with van der Waals surface area (Å²) in [7, 11) is -2.18. The fourth-order valence-electron chi connectivity index (χ4n) is 2.20. The summed E-state index contributed by atoms with van der Waals surface area (Å²) in [6.07, 6.45) is 0. The molecule has 2 aromatic rings. The van der Waals surface area contributed by atoms with Gasteiger partial charge in [-0.1, -0.05) is 18.2 Å². The number of carbonyl (C=O) groups excluding carboxylic acids is 1. The molecule has 1 N–H and O–H groups in total. The van der Waals surface area contributed by atoms with Crippen molar-refractivity contribution in [3.63, 3.8) is 0 Å². The lowest BCUT2D eigenvalue weighted by atomic mass is 10.1. The number of carbonyl (C=O) groups is 1. The summed E-state index contributed by atoms with van der Waals surface area (Å²) in [5.41, 5.74) is 1.15. The highest BCUT2D eigenvalue weighted by atomic mass is 79.9. The summed E-state index contributed by atoms with van der Waals surface area (Å²) >= 11 is 3.39. The van der Waals surface area contributed by atoms with Crippen LogP contribution in [0.3, 0.4) is 0 Å². The van der Waals surface area contributed by atoms with Crippen LogP contribution < -0.4 is 9.46 Å². The molecule has 0 spiro atoms. The predicted molar refractivity (Wildman–Crippen MR) is 95.9 cm³/mol. The zero-order valence-electron chi connectivity index (χ0n) is 13.5. The van der Waals surface area contributed by atoms with Gasteiger partial charge >= 0.3 is 0 Å².